The minimum atomic E-state index is -1.42. The summed E-state index contributed by atoms with van der Waals surface area (Å²) >= 11 is 0. The fraction of sp³-hybridized carbons (Fsp3) is 0.0588. The Balaban J connectivity index is 1.93. The number of carbonyl (C=O) groups excluding carboxylic acids is 3. The van der Waals surface area contributed by atoms with E-state index >= 15 is 0 Å². The number of esters is 3. The highest BCUT2D eigenvalue weighted by molar-refractivity contribution is 6.17. The Morgan fingerprint density at radius 1 is 0.958 bits per heavy atom. The van der Waals surface area contributed by atoms with E-state index in [-0.39, 0.29) is 23.3 Å². The van der Waals surface area contributed by atoms with Gasteiger partial charge in [-0.25, -0.2) is 19.2 Å². The zero-order chi connectivity index (χ0) is 17.3. The van der Waals surface area contributed by atoms with E-state index in [9.17, 15) is 24.3 Å². The van der Waals surface area contributed by atoms with Gasteiger partial charge in [0, 0.05) is 0 Å². The molecular formula is C17H10O7. The highest BCUT2D eigenvalue weighted by Gasteiger charge is 2.33. The summed E-state index contributed by atoms with van der Waals surface area (Å²) in [6, 6.07) is 10.8. The molecule has 3 rings (SSSR count). The number of rotatable bonds is 4. The quantitative estimate of drug-likeness (QED) is 0.677. The van der Waals surface area contributed by atoms with Crippen LogP contribution in [0.15, 0.2) is 42.5 Å². The second-order valence-corrected chi connectivity index (χ2v) is 4.99. The molecule has 1 aliphatic rings. The van der Waals surface area contributed by atoms with Crippen LogP contribution in [-0.2, 0) is 16.1 Å². The third-order valence-electron chi connectivity index (χ3n) is 3.45. The van der Waals surface area contributed by atoms with Gasteiger partial charge in [-0.15, -0.1) is 0 Å². The lowest BCUT2D eigenvalue weighted by atomic mass is 9.99. The molecule has 0 aromatic heterocycles. The van der Waals surface area contributed by atoms with Crippen LogP contribution in [0.5, 0.6) is 0 Å². The predicted molar refractivity (Wildman–Crippen MR) is 78.7 cm³/mol. The van der Waals surface area contributed by atoms with Crippen LogP contribution < -0.4 is 0 Å². The topological polar surface area (TPSA) is 107 Å². The molecule has 0 aliphatic carbocycles. The first-order chi connectivity index (χ1) is 11.5. The van der Waals surface area contributed by atoms with Crippen LogP contribution in [0.2, 0.25) is 0 Å². The molecule has 2 aromatic rings. The lowest BCUT2D eigenvalue weighted by molar-refractivity contribution is 0.0441. The molecule has 7 heteroatoms. The van der Waals surface area contributed by atoms with Crippen LogP contribution in [0.4, 0.5) is 0 Å². The summed E-state index contributed by atoms with van der Waals surface area (Å²) in [7, 11) is 0. The molecule has 1 heterocycles. The number of ether oxygens (including phenoxy) is 2. The molecule has 0 saturated carbocycles. The molecule has 0 atom stereocenters. The van der Waals surface area contributed by atoms with Gasteiger partial charge >= 0.3 is 23.9 Å². The number of cyclic esters (lactones) is 2. The summed E-state index contributed by atoms with van der Waals surface area (Å²) in [6.45, 7) is -0.0564. The van der Waals surface area contributed by atoms with Gasteiger partial charge in [0.1, 0.15) is 6.61 Å². The second-order valence-electron chi connectivity index (χ2n) is 4.99. The first kappa shape index (κ1) is 15.4. The van der Waals surface area contributed by atoms with Crippen molar-refractivity contribution in [1.29, 1.82) is 0 Å². The number of hydrogen-bond acceptors (Lipinski definition) is 6. The van der Waals surface area contributed by atoms with Gasteiger partial charge in [0.05, 0.1) is 22.3 Å². The van der Waals surface area contributed by atoms with E-state index in [1.54, 1.807) is 30.3 Å². The van der Waals surface area contributed by atoms with Gasteiger partial charge in [-0.1, -0.05) is 30.3 Å². The summed E-state index contributed by atoms with van der Waals surface area (Å²) in [6.07, 6.45) is 0. The Hall–Kier alpha value is -3.48. The zero-order valence-electron chi connectivity index (χ0n) is 12.1. The highest BCUT2D eigenvalue weighted by atomic mass is 16.6. The maximum Gasteiger partial charge on any atom is 0.346 e. The van der Waals surface area contributed by atoms with Crippen molar-refractivity contribution in [2.45, 2.75) is 6.61 Å². The van der Waals surface area contributed by atoms with E-state index in [2.05, 4.69) is 4.74 Å². The largest absolute Gasteiger partial charge is 0.478 e. The molecule has 1 N–H and O–H groups in total. The lowest BCUT2D eigenvalue weighted by Gasteiger charge is -2.08. The molecular weight excluding hydrogens is 316 g/mol. The lowest BCUT2D eigenvalue weighted by Crippen LogP contribution is -2.13. The average Bonchev–Trinajstić information content (AvgIpc) is 2.86. The van der Waals surface area contributed by atoms with Crippen LogP contribution in [0, 0.1) is 0 Å². The van der Waals surface area contributed by atoms with Crippen molar-refractivity contribution in [2.75, 3.05) is 0 Å². The molecule has 120 valence electrons. The summed E-state index contributed by atoms with van der Waals surface area (Å²) < 4.78 is 9.50. The zero-order valence-corrected chi connectivity index (χ0v) is 12.1. The summed E-state index contributed by atoms with van der Waals surface area (Å²) in [5.41, 5.74) is -0.366. The third-order valence-corrected chi connectivity index (χ3v) is 3.45. The van der Waals surface area contributed by atoms with Crippen molar-refractivity contribution in [2.24, 2.45) is 0 Å². The number of hydrogen-bond donors (Lipinski definition) is 1. The molecule has 0 radical (unpaired) electrons. The number of benzene rings is 2. The van der Waals surface area contributed by atoms with Gasteiger partial charge < -0.3 is 14.6 Å². The fourth-order valence-corrected chi connectivity index (χ4v) is 2.28. The number of aromatic carboxylic acids is 1. The Morgan fingerprint density at radius 3 is 2.12 bits per heavy atom. The van der Waals surface area contributed by atoms with Gasteiger partial charge in [-0.05, 0) is 17.7 Å². The van der Waals surface area contributed by atoms with Crippen molar-refractivity contribution in [1.82, 2.24) is 0 Å². The number of carboxylic acids is 1. The maximum atomic E-state index is 12.2. The summed E-state index contributed by atoms with van der Waals surface area (Å²) in [5, 5.41) is 9.24. The van der Waals surface area contributed by atoms with Crippen molar-refractivity contribution in [3.05, 3.63) is 70.3 Å². The first-order valence-corrected chi connectivity index (χ1v) is 6.86. The second kappa shape index (κ2) is 5.96. The third kappa shape index (κ3) is 2.74. The molecule has 7 nitrogen and oxygen atoms in total. The summed E-state index contributed by atoms with van der Waals surface area (Å²) in [5.74, 6) is -4.20. The van der Waals surface area contributed by atoms with Crippen LogP contribution in [0.1, 0.15) is 47.0 Å². The van der Waals surface area contributed by atoms with E-state index in [1.165, 1.54) is 0 Å². The van der Waals surface area contributed by atoms with Crippen LogP contribution in [0.25, 0.3) is 0 Å². The van der Waals surface area contributed by atoms with Crippen LogP contribution >= 0.6 is 0 Å². The van der Waals surface area contributed by atoms with E-state index in [1.807, 2.05) is 0 Å². The molecule has 0 amide bonds. The van der Waals surface area contributed by atoms with Crippen molar-refractivity contribution in [3.8, 4) is 0 Å². The van der Waals surface area contributed by atoms with Gasteiger partial charge in [0.25, 0.3) is 0 Å². The molecule has 1 aliphatic heterocycles. The van der Waals surface area contributed by atoms with Crippen molar-refractivity contribution >= 4 is 23.9 Å². The Bertz CT molecular complexity index is 868. The standard InChI is InChI=1S/C17H10O7/c18-14(19)10-6-12-13(17(22)24-16(12)21)7-11(10)15(20)23-8-9-4-2-1-3-5-9/h1-7H,8H2,(H,18,19). The number of carbonyl (C=O) groups is 4. The molecule has 0 bridgehead atoms. The van der Waals surface area contributed by atoms with E-state index in [0.29, 0.717) is 0 Å². The Morgan fingerprint density at radius 2 is 1.54 bits per heavy atom. The van der Waals surface area contributed by atoms with Crippen molar-refractivity contribution in [3.63, 3.8) is 0 Å². The van der Waals surface area contributed by atoms with E-state index in [4.69, 9.17) is 4.74 Å². The molecule has 2 aromatic carbocycles. The molecule has 0 spiro atoms. The number of carboxylic acid groups (broad SMARTS) is 1. The average molecular weight is 326 g/mol. The SMILES string of the molecule is O=C(O)c1cc2c(cc1C(=O)OCc1ccccc1)C(=O)OC2=O. The van der Waals surface area contributed by atoms with Gasteiger partial charge in [-0.2, -0.15) is 0 Å². The molecule has 0 fully saturated rings. The Kier molecular flexibility index (Phi) is 3.83. The van der Waals surface area contributed by atoms with E-state index in [0.717, 1.165) is 17.7 Å². The fourth-order valence-electron chi connectivity index (χ4n) is 2.28. The molecule has 0 unspecified atom stereocenters. The molecule has 0 saturated heterocycles. The van der Waals surface area contributed by atoms with Crippen molar-refractivity contribution < 1.29 is 33.8 Å². The Labute approximate surface area is 135 Å². The highest BCUT2D eigenvalue weighted by Crippen LogP contribution is 2.25. The minimum Gasteiger partial charge on any atom is -0.478 e. The number of fused-ring (bicyclic) bond motifs is 1. The van der Waals surface area contributed by atoms with Gasteiger partial charge in [0.15, 0.2) is 0 Å². The van der Waals surface area contributed by atoms with Gasteiger partial charge in [0.2, 0.25) is 0 Å². The van der Waals surface area contributed by atoms with Crippen LogP contribution in [0.3, 0.4) is 0 Å². The maximum absolute atomic E-state index is 12.2. The van der Waals surface area contributed by atoms with Gasteiger partial charge in [-0.3, -0.25) is 0 Å². The monoisotopic (exact) mass is 326 g/mol. The summed E-state index contributed by atoms with van der Waals surface area (Å²) in [4.78, 5) is 46.6. The van der Waals surface area contributed by atoms with E-state index < -0.39 is 29.4 Å². The first-order valence-electron chi connectivity index (χ1n) is 6.86. The predicted octanol–water partition coefficient (Wildman–Crippen LogP) is 2.05. The minimum absolute atomic E-state index is 0.0564. The van der Waals surface area contributed by atoms with Crippen LogP contribution in [-0.4, -0.2) is 29.0 Å². The molecule has 24 heavy (non-hydrogen) atoms. The smallest absolute Gasteiger partial charge is 0.346 e. The normalized spacial score (nSPS) is 12.5.